The van der Waals surface area contributed by atoms with Crippen molar-refractivity contribution in [3.05, 3.63) is 69.7 Å². The maximum atomic E-state index is 12.6. The highest BCUT2D eigenvalue weighted by Crippen LogP contribution is 2.17. The second-order valence-electron chi connectivity index (χ2n) is 6.08. The quantitative estimate of drug-likeness (QED) is 0.878. The Balaban J connectivity index is 1.62. The fraction of sp³-hybridized carbons (Fsp3) is 0.263. The Kier molecular flexibility index (Phi) is 5.61. The van der Waals surface area contributed by atoms with E-state index in [0.29, 0.717) is 34.3 Å². The molecule has 1 atom stereocenters. The summed E-state index contributed by atoms with van der Waals surface area (Å²) >= 11 is 11.7. The summed E-state index contributed by atoms with van der Waals surface area (Å²) in [5.41, 5.74) is 1.17. The third-order valence-corrected chi connectivity index (χ3v) is 4.75. The van der Waals surface area contributed by atoms with Gasteiger partial charge in [-0.15, -0.1) is 0 Å². The van der Waals surface area contributed by atoms with Gasteiger partial charge in [0.2, 0.25) is 0 Å². The van der Waals surface area contributed by atoms with Crippen LogP contribution in [0.5, 0.6) is 0 Å². The maximum absolute atomic E-state index is 12.6. The number of piperidine rings is 1. The van der Waals surface area contributed by atoms with Crippen LogP contribution in [0.15, 0.2) is 48.5 Å². The van der Waals surface area contributed by atoms with E-state index in [1.165, 1.54) is 0 Å². The molecule has 0 radical (unpaired) electrons. The normalized spacial score (nSPS) is 17.2. The van der Waals surface area contributed by atoms with Crippen LogP contribution in [0, 0.1) is 0 Å². The lowest BCUT2D eigenvalue weighted by Crippen LogP contribution is -2.49. The number of benzene rings is 2. The van der Waals surface area contributed by atoms with Crippen molar-refractivity contribution in [3.8, 4) is 0 Å². The molecule has 25 heavy (non-hydrogen) atoms. The lowest BCUT2D eigenvalue weighted by Gasteiger charge is -2.33. The van der Waals surface area contributed by atoms with Crippen molar-refractivity contribution in [3.63, 3.8) is 0 Å². The van der Waals surface area contributed by atoms with Gasteiger partial charge in [-0.25, -0.2) is 0 Å². The zero-order valence-corrected chi connectivity index (χ0v) is 15.1. The molecular formula is C19H18Cl2N2O2. The number of hydrogen-bond donors (Lipinski definition) is 1. The molecule has 130 valence electrons. The van der Waals surface area contributed by atoms with Crippen LogP contribution in [0.1, 0.15) is 33.6 Å². The van der Waals surface area contributed by atoms with E-state index in [4.69, 9.17) is 23.2 Å². The van der Waals surface area contributed by atoms with E-state index in [9.17, 15) is 9.59 Å². The number of carbonyl (C=O) groups excluding carboxylic acids is 2. The molecule has 0 aromatic heterocycles. The van der Waals surface area contributed by atoms with Gasteiger partial charge in [-0.3, -0.25) is 9.59 Å². The fourth-order valence-corrected chi connectivity index (χ4v) is 3.18. The third-order valence-electron chi connectivity index (χ3n) is 4.24. The first kappa shape index (κ1) is 17.8. The van der Waals surface area contributed by atoms with Gasteiger partial charge in [-0.05, 0) is 61.4 Å². The van der Waals surface area contributed by atoms with Crippen LogP contribution in [-0.2, 0) is 0 Å². The van der Waals surface area contributed by atoms with E-state index in [1.807, 2.05) is 0 Å². The molecule has 1 aliphatic rings. The molecule has 2 amide bonds. The van der Waals surface area contributed by atoms with Crippen LogP contribution in [0.2, 0.25) is 10.0 Å². The molecule has 1 fully saturated rings. The van der Waals surface area contributed by atoms with Gasteiger partial charge in [0.15, 0.2) is 0 Å². The van der Waals surface area contributed by atoms with Crippen molar-refractivity contribution in [1.29, 1.82) is 0 Å². The molecule has 1 unspecified atom stereocenters. The Morgan fingerprint density at radius 2 is 1.48 bits per heavy atom. The van der Waals surface area contributed by atoms with Gasteiger partial charge >= 0.3 is 0 Å². The molecule has 1 N–H and O–H groups in total. The summed E-state index contributed by atoms with van der Waals surface area (Å²) < 4.78 is 0. The van der Waals surface area contributed by atoms with E-state index in [0.717, 1.165) is 12.8 Å². The third kappa shape index (κ3) is 4.53. The second-order valence-corrected chi connectivity index (χ2v) is 6.95. The summed E-state index contributed by atoms with van der Waals surface area (Å²) in [5, 5.41) is 4.19. The van der Waals surface area contributed by atoms with E-state index in [-0.39, 0.29) is 17.9 Å². The highest BCUT2D eigenvalue weighted by Gasteiger charge is 2.25. The molecule has 4 nitrogen and oxygen atoms in total. The van der Waals surface area contributed by atoms with Crippen molar-refractivity contribution >= 4 is 35.0 Å². The monoisotopic (exact) mass is 376 g/mol. The number of amides is 2. The van der Waals surface area contributed by atoms with Gasteiger partial charge in [0, 0.05) is 40.3 Å². The first-order valence-electron chi connectivity index (χ1n) is 8.14. The summed E-state index contributed by atoms with van der Waals surface area (Å²) in [6.45, 7) is 1.19. The van der Waals surface area contributed by atoms with E-state index >= 15 is 0 Å². The number of nitrogens with zero attached hydrogens (tertiary/aromatic N) is 1. The van der Waals surface area contributed by atoms with Crippen molar-refractivity contribution in [1.82, 2.24) is 10.2 Å². The number of likely N-dealkylation sites (tertiary alicyclic amines) is 1. The van der Waals surface area contributed by atoms with Crippen molar-refractivity contribution in [2.75, 3.05) is 13.1 Å². The largest absolute Gasteiger partial charge is 0.348 e. The van der Waals surface area contributed by atoms with Crippen LogP contribution in [0.4, 0.5) is 0 Å². The Morgan fingerprint density at radius 3 is 2.08 bits per heavy atom. The maximum Gasteiger partial charge on any atom is 0.253 e. The minimum absolute atomic E-state index is 0.0397. The highest BCUT2D eigenvalue weighted by atomic mass is 35.5. The number of rotatable bonds is 3. The predicted octanol–water partition coefficient (Wildman–Crippen LogP) is 4.03. The summed E-state index contributed by atoms with van der Waals surface area (Å²) in [4.78, 5) is 26.7. The molecule has 1 aliphatic heterocycles. The van der Waals surface area contributed by atoms with Crippen LogP contribution in [-0.4, -0.2) is 35.8 Å². The smallest absolute Gasteiger partial charge is 0.253 e. The van der Waals surface area contributed by atoms with Crippen molar-refractivity contribution in [2.24, 2.45) is 0 Å². The fourth-order valence-electron chi connectivity index (χ4n) is 2.92. The first-order chi connectivity index (χ1) is 12.0. The average Bonchev–Trinajstić information content (AvgIpc) is 2.62. The van der Waals surface area contributed by atoms with Crippen molar-refractivity contribution < 1.29 is 9.59 Å². The van der Waals surface area contributed by atoms with Gasteiger partial charge < -0.3 is 10.2 Å². The Labute approximate surface area is 156 Å². The molecule has 0 saturated carbocycles. The second kappa shape index (κ2) is 7.89. The van der Waals surface area contributed by atoms with E-state index < -0.39 is 0 Å². The minimum Gasteiger partial charge on any atom is -0.348 e. The lowest BCUT2D eigenvalue weighted by molar-refractivity contribution is 0.0676. The molecule has 0 bridgehead atoms. The molecule has 2 aromatic rings. The minimum atomic E-state index is -0.151. The Bertz CT molecular complexity index is 760. The Hall–Kier alpha value is -2.04. The van der Waals surface area contributed by atoms with Crippen molar-refractivity contribution in [2.45, 2.75) is 18.9 Å². The van der Waals surface area contributed by atoms with Crippen LogP contribution < -0.4 is 5.32 Å². The van der Waals surface area contributed by atoms with Crippen LogP contribution in [0.3, 0.4) is 0 Å². The molecule has 2 aromatic carbocycles. The molecule has 1 heterocycles. The van der Waals surface area contributed by atoms with E-state index in [2.05, 4.69) is 5.32 Å². The van der Waals surface area contributed by atoms with Gasteiger partial charge in [-0.1, -0.05) is 23.2 Å². The van der Waals surface area contributed by atoms with Crippen LogP contribution in [0.25, 0.3) is 0 Å². The number of halogens is 2. The summed E-state index contributed by atoms with van der Waals surface area (Å²) in [6, 6.07) is 13.6. The standard InChI is InChI=1S/C19H18Cl2N2O2/c20-15-7-3-13(4-8-15)18(24)22-17-2-1-11-23(12-17)19(25)14-5-9-16(21)10-6-14/h3-10,17H,1-2,11-12H2,(H,22,24). The van der Waals surface area contributed by atoms with Gasteiger partial charge in [0.25, 0.3) is 11.8 Å². The zero-order chi connectivity index (χ0) is 17.8. The summed E-state index contributed by atoms with van der Waals surface area (Å²) in [6.07, 6.45) is 1.70. The molecule has 0 spiro atoms. The van der Waals surface area contributed by atoms with Gasteiger partial charge in [0.1, 0.15) is 0 Å². The zero-order valence-electron chi connectivity index (χ0n) is 13.5. The molecule has 1 saturated heterocycles. The average molecular weight is 377 g/mol. The molecular weight excluding hydrogens is 359 g/mol. The summed E-state index contributed by atoms with van der Waals surface area (Å²) in [5.74, 6) is -0.190. The number of carbonyl (C=O) groups is 2. The van der Waals surface area contributed by atoms with Gasteiger partial charge in [0.05, 0.1) is 0 Å². The molecule has 3 rings (SSSR count). The van der Waals surface area contributed by atoms with Gasteiger partial charge in [-0.2, -0.15) is 0 Å². The SMILES string of the molecule is O=C(NC1CCCN(C(=O)c2ccc(Cl)cc2)C1)c1ccc(Cl)cc1. The number of hydrogen-bond acceptors (Lipinski definition) is 2. The highest BCUT2D eigenvalue weighted by molar-refractivity contribution is 6.31. The predicted molar refractivity (Wildman–Crippen MR) is 99.3 cm³/mol. The summed E-state index contributed by atoms with van der Waals surface area (Å²) in [7, 11) is 0. The van der Waals surface area contributed by atoms with E-state index in [1.54, 1.807) is 53.4 Å². The first-order valence-corrected chi connectivity index (χ1v) is 8.90. The number of nitrogens with one attached hydrogen (secondary N) is 1. The lowest BCUT2D eigenvalue weighted by atomic mass is 10.0. The Morgan fingerprint density at radius 1 is 0.920 bits per heavy atom. The molecule has 6 heteroatoms. The molecule has 0 aliphatic carbocycles. The topological polar surface area (TPSA) is 49.4 Å². The van der Waals surface area contributed by atoms with Crippen LogP contribution >= 0.6 is 23.2 Å².